The Bertz CT molecular complexity index is 822. The van der Waals surface area contributed by atoms with Crippen LogP contribution in [0.25, 0.3) is 0 Å². The molecule has 1 unspecified atom stereocenters. The van der Waals surface area contributed by atoms with Crippen molar-refractivity contribution >= 4 is 11.9 Å². The summed E-state index contributed by atoms with van der Waals surface area (Å²) in [6.07, 6.45) is 3.82. The number of amides is 1. The molecule has 0 radical (unpaired) electrons. The second kappa shape index (κ2) is 8.18. The average molecular weight is 384 g/mol. The molecule has 2 aliphatic rings. The van der Waals surface area contributed by atoms with Gasteiger partial charge in [0, 0.05) is 24.6 Å². The van der Waals surface area contributed by atoms with Crippen molar-refractivity contribution in [2.24, 2.45) is 5.92 Å². The van der Waals surface area contributed by atoms with Crippen LogP contribution in [-0.2, 0) is 6.42 Å². The number of nitrogen functional groups attached to an aromatic ring is 1. The zero-order chi connectivity index (χ0) is 19.5. The van der Waals surface area contributed by atoms with Crippen LogP contribution in [-0.4, -0.2) is 59.3 Å². The highest BCUT2D eigenvalue weighted by atomic mass is 16.5. The molecule has 8 nitrogen and oxygen atoms in total. The normalized spacial score (nSPS) is 20.5. The van der Waals surface area contributed by atoms with Crippen LogP contribution in [0.3, 0.4) is 0 Å². The van der Waals surface area contributed by atoms with Crippen LogP contribution in [0.15, 0.2) is 18.2 Å². The van der Waals surface area contributed by atoms with E-state index in [-0.39, 0.29) is 17.8 Å². The number of aromatic amines is 1. The number of hydrogen-bond donors (Lipinski definition) is 3. The number of carbonyl (C=O) groups is 1. The first kappa shape index (κ1) is 18.7. The Kier molecular flexibility index (Phi) is 5.47. The van der Waals surface area contributed by atoms with E-state index < -0.39 is 0 Å². The van der Waals surface area contributed by atoms with Crippen LogP contribution in [0.5, 0.6) is 5.75 Å². The molecule has 2 aromatic rings. The van der Waals surface area contributed by atoms with Gasteiger partial charge in [-0.15, -0.1) is 5.10 Å². The molecular formula is C20H28N6O2. The molecule has 4 N–H and O–H groups in total. The molecule has 1 atom stereocenters. The van der Waals surface area contributed by atoms with Crippen LogP contribution in [0.4, 0.5) is 5.95 Å². The number of likely N-dealkylation sites (tertiary alicyclic amines) is 1. The Morgan fingerprint density at radius 2 is 2.14 bits per heavy atom. The maximum atomic E-state index is 13.1. The van der Waals surface area contributed by atoms with Gasteiger partial charge in [-0.25, -0.2) is 0 Å². The maximum Gasteiger partial charge on any atom is 0.253 e. The summed E-state index contributed by atoms with van der Waals surface area (Å²) in [4.78, 5) is 19.2. The van der Waals surface area contributed by atoms with Crippen molar-refractivity contribution in [3.63, 3.8) is 0 Å². The van der Waals surface area contributed by atoms with Crippen LogP contribution in [0, 0.1) is 5.92 Å². The van der Waals surface area contributed by atoms with Crippen molar-refractivity contribution in [1.29, 1.82) is 0 Å². The molecular weight excluding hydrogens is 356 g/mol. The lowest BCUT2D eigenvalue weighted by Crippen LogP contribution is -2.38. The van der Waals surface area contributed by atoms with Crippen molar-refractivity contribution in [2.45, 2.75) is 31.6 Å². The molecule has 0 aliphatic carbocycles. The summed E-state index contributed by atoms with van der Waals surface area (Å²) in [6, 6.07) is 5.82. The molecule has 1 amide bonds. The number of H-pyrrole nitrogens is 1. The highest BCUT2D eigenvalue weighted by molar-refractivity contribution is 5.94. The maximum absolute atomic E-state index is 13.1. The largest absolute Gasteiger partial charge is 0.496 e. The fourth-order valence-electron chi connectivity index (χ4n) is 4.28. The monoisotopic (exact) mass is 384 g/mol. The lowest BCUT2D eigenvalue weighted by molar-refractivity contribution is 0.0711. The van der Waals surface area contributed by atoms with Gasteiger partial charge in [0.1, 0.15) is 11.6 Å². The number of methoxy groups -OCH3 is 1. The molecule has 4 rings (SSSR count). The van der Waals surface area contributed by atoms with Gasteiger partial charge in [-0.1, -0.05) is 0 Å². The van der Waals surface area contributed by atoms with Crippen LogP contribution >= 0.6 is 0 Å². The summed E-state index contributed by atoms with van der Waals surface area (Å²) in [5, 5.41) is 10.2. The van der Waals surface area contributed by atoms with Gasteiger partial charge < -0.3 is 20.7 Å². The van der Waals surface area contributed by atoms with Gasteiger partial charge >= 0.3 is 0 Å². The van der Waals surface area contributed by atoms with Gasteiger partial charge in [-0.3, -0.25) is 9.89 Å². The second-order valence-electron chi connectivity index (χ2n) is 7.73. The summed E-state index contributed by atoms with van der Waals surface area (Å²) < 4.78 is 5.53. The SMILES string of the molecule is COc1ccc(C(=O)N2CCC(c3nc(N)n[nH]3)CC2)cc1CC1CCNC1. The van der Waals surface area contributed by atoms with E-state index in [9.17, 15) is 4.79 Å². The number of nitrogens with two attached hydrogens (primary N) is 1. The van der Waals surface area contributed by atoms with E-state index in [2.05, 4.69) is 20.5 Å². The number of carbonyl (C=O) groups excluding carboxylic acids is 1. The molecule has 2 aliphatic heterocycles. The van der Waals surface area contributed by atoms with E-state index in [4.69, 9.17) is 10.5 Å². The number of piperidine rings is 1. The van der Waals surface area contributed by atoms with Crippen molar-refractivity contribution < 1.29 is 9.53 Å². The second-order valence-corrected chi connectivity index (χ2v) is 7.73. The summed E-state index contributed by atoms with van der Waals surface area (Å²) in [5.41, 5.74) is 7.46. The molecule has 150 valence electrons. The van der Waals surface area contributed by atoms with Crippen LogP contribution in [0.1, 0.15) is 46.9 Å². The number of hydrogen-bond acceptors (Lipinski definition) is 6. The molecule has 1 aromatic carbocycles. The Balaban J connectivity index is 1.43. The average Bonchev–Trinajstić information content (AvgIpc) is 3.39. The van der Waals surface area contributed by atoms with Gasteiger partial charge in [0.15, 0.2) is 0 Å². The molecule has 0 spiro atoms. The van der Waals surface area contributed by atoms with Crippen molar-refractivity contribution in [1.82, 2.24) is 25.4 Å². The number of nitrogens with zero attached hydrogens (tertiary/aromatic N) is 3. The molecule has 3 heterocycles. The molecule has 0 saturated carbocycles. The topological polar surface area (TPSA) is 109 Å². The van der Waals surface area contributed by atoms with Crippen LogP contribution < -0.4 is 15.8 Å². The number of benzene rings is 1. The minimum absolute atomic E-state index is 0.0870. The third kappa shape index (κ3) is 3.96. The van der Waals surface area contributed by atoms with E-state index in [0.29, 0.717) is 19.0 Å². The molecule has 1 aromatic heterocycles. The van der Waals surface area contributed by atoms with Crippen molar-refractivity contribution in [3.05, 3.63) is 35.2 Å². The number of nitrogens with one attached hydrogen (secondary N) is 2. The third-order valence-corrected chi connectivity index (χ3v) is 5.89. The minimum Gasteiger partial charge on any atom is -0.496 e. The van der Waals surface area contributed by atoms with Gasteiger partial charge in [0.05, 0.1) is 7.11 Å². The Labute approximate surface area is 164 Å². The summed E-state index contributed by atoms with van der Waals surface area (Å²) in [5.74, 6) is 2.92. The number of anilines is 1. The molecule has 2 saturated heterocycles. The van der Waals surface area contributed by atoms with E-state index >= 15 is 0 Å². The van der Waals surface area contributed by atoms with Crippen molar-refractivity contribution in [3.8, 4) is 5.75 Å². The van der Waals surface area contributed by atoms with Crippen LogP contribution in [0.2, 0.25) is 0 Å². The Morgan fingerprint density at radius 1 is 1.32 bits per heavy atom. The third-order valence-electron chi connectivity index (χ3n) is 5.89. The first-order chi connectivity index (χ1) is 13.6. The summed E-state index contributed by atoms with van der Waals surface area (Å²) in [6.45, 7) is 3.51. The minimum atomic E-state index is 0.0870. The lowest BCUT2D eigenvalue weighted by atomic mass is 9.94. The van der Waals surface area contributed by atoms with Gasteiger partial charge in [-0.2, -0.15) is 4.98 Å². The first-order valence-electron chi connectivity index (χ1n) is 9.98. The van der Waals surface area contributed by atoms with E-state index in [1.54, 1.807) is 7.11 Å². The number of ether oxygens (including phenoxy) is 1. The summed E-state index contributed by atoms with van der Waals surface area (Å²) in [7, 11) is 1.69. The van der Waals surface area contributed by atoms with E-state index in [1.165, 1.54) is 6.42 Å². The van der Waals surface area contributed by atoms with Gasteiger partial charge in [-0.05, 0) is 68.5 Å². The number of rotatable bonds is 5. The first-order valence-corrected chi connectivity index (χ1v) is 9.98. The Morgan fingerprint density at radius 3 is 2.79 bits per heavy atom. The van der Waals surface area contributed by atoms with Crippen molar-refractivity contribution in [2.75, 3.05) is 39.0 Å². The van der Waals surface area contributed by atoms with Gasteiger partial charge in [0.2, 0.25) is 5.95 Å². The zero-order valence-electron chi connectivity index (χ0n) is 16.3. The highest BCUT2D eigenvalue weighted by Gasteiger charge is 2.27. The fraction of sp³-hybridized carbons (Fsp3) is 0.550. The molecule has 28 heavy (non-hydrogen) atoms. The molecule has 8 heteroatoms. The zero-order valence-corrected chi connectivity index (χ0v) is 16.3. The standard InChI is InChI=1S/C20H28N6O2/c1-28-17-3-2-15(11-16(17)10-13-4-7-22-12-13)19(27)26-8-5-14(6-9-26)18-23-20(21)25-24-18/h2-3,11,13-14,22H,4-10,12H2,1H3,(H3,21,23,24,25). The molecule has 2 fully saturated rings. The van der Waals surface area contributed by atoms with E-state index in [0.717, 1.165) is 55.1 Å². The fourth-order valence-corrected chi connectivity index (χ4v) is 4.28. The predicted octanol–water partition coefficient (Wildman–Crippen LogP) is 1.57. The Hall–Kier alpha value is -2.61. The van der Waals surface area contributed by atoms with Gasteiger partial charge in [0.25, 0.3) is 5.91 Å². The molecule has 0 bridgehead atoms. The lowest BCUT2D eigenvalue weighted by Gasteiger charge is -2.31. The summed E-state index contributed by atoms with van der Waals surface area (Å²) >= 11 is 0. The highest BCUT2D eigenvalue weighted by Crippen LogP contribution is 2.29. The predicted molar refractivity (Wildman–Crippen MR) is 106 cm³/mol. The van der Waals surface area contributed by atoms with E-state index in [1.807, 2.05) is 23.1 Å². The quantitative estimate of drug-likeness (QED) is 0.722. The number of aromatic nitrogens is 3. The smallest absolute Gasteiger partial charge is 0.253 e.